The maximum absolute atomic E-state index is 6.85. The molecular formula is C55H32N6O2. The van der Waals surface area contributed by atoms with E-state index in [2.05, 4.69) is 83.4 Å². The Morgan fingerprint density at radius 3 is 1.71 bits per heavy atom. The van der Waals surface area contributed by atoms with Gasteiger partial charge in [0.05, 0.1) is 11.0 Å². The zero-order valence-corrected chi connectivity index (χ0v) is 33.5. The Hall–Kier alpha value is -8.75. The number of hydrogen-bond donors (Lipinski definition) is 0. The van der Waals surface area contributed by atoms with Gasteiger partial charge in [-0.25, -0.2) is 24.9 Å². The number of hydrogen-bond acceptors (Lipinski definition) is 7. The second kappa shape index (κ2) is 13.9. The third-order valence-electron chi connectivity index (χ3n) is 11.9. The molecule has 63 heavy (non-hydrogen) atoms. The quantitative estimate of drug-likeness (QED) is 0.165. The van der Waals surface area contributed by atoms with E-state index < -0.39 is 0 Å². The van der Waals surface area contributed by atoms with Crippen LogP contribution < -0.4 is 0 Å². The predicted molar refractivity (Wildman–Crippen MR) is 251 cm³/mol. The topological polar surface area (TPSA) is 95.7 Å². The number of para-hydroxylation sites is 4. The van der Waals surface area contributed by atoms with Crippen LogP contribution in [0.4, 0.5) is 0 Å². The monoisotopic (exact) mass is 808 g/mol. The highest BCUT2D eigenvalue weighted by atomic mass is 16.3. The molecule has 8 aromatic carbocycles. The van der Waals surface area contributed by atoms with E-state index in [1.807, 2.05) is 115 Å². The number of fused-ring (bicyclic) bond motifs is 9. The zero-order valence-electron chi connectivity index (χ0n) is 33.5. The Bertz CT molecular complexity index is 3910. The molecule has 0 atom stereocenters. The van der Waals surface area contributed by atoms with E-state index in [1.165, 1.54) is 5.39 Å². The van der Waals surface area contributed by atoms with Crippen molar-refractivity contribution in [2.45, 2.75) is 0 Å². The average Bonchev–Trinajstić information content (AvgIpc) is 4.04. The molecule has 8 heteroatoms. The van der Waals surface area contributed by atoms with Gasteiger partial charge in [-0.3, -0.25) is 0 Å². The van der Waals surface area contributed by atoms with Crippen molar-refractivity contribution in [1.29, 1.82) is 0 Å². The van der Waals surface area contributed by atoms with Crippen LogP contribution in [0, 0.1) is 0 Å². The highest BCUT2D eigenvalue weighted by Gasteiger charge is 2.24. The summed E-state index contributed by atoms with van der Waals surface area (Å²) in [6, 6.07) is 65.7. The summed E-state index contributed by atoms with van der Waals surface area (Å²) in [4.78, 5) is 25.9. The van der Waals surface area contributed by atoms with Crippen LogP contribution in [0.25, 0.3) is 128 Å². The number of nitrogens with zero attached hydrogens (tertiary/aromatic N) is 6. The lowest BCUT2D eigenvalue weighted by Gasteiger charge is -2.11. The van der Waals surface area contributed by atoms with Gasteiger partial charge in [0.1, 0.15) is 28.0 Å². The third kappa shape index (κ3) is 5.58. The summed E-state index contributed by atoms with van der Waals surface area (Å²) in [5, 5.41) is 5.05. The molecule has 0 bridgehead atoms. The number of aromatic nitrogens is 6. The highest BCUT2D eigenvalue weighted by molar-refractivity contribution is 6.17. The van der Waals surface area contributed by atoms with E-state index in [4.69, 9.17) is 33.8 Å². The molecule has 0 N–H and O–H groups in total. The number of benzene rings is 8. The van der Waals surface area contributed by atoms with Gasteiger partial charge in [-0.1, -0.05) is 146 Å². The van der Waals surface area contributed by atoms with Gasteiger partial charge in [0, 0.05) is 60.4 Å². The molecule has 0 radical (unpaired) electrons. The first-order valence-corrected chi connectivity index (χ1v) is 20.8. The molecule has 0 saturated carbocycles. The molecule has 0 spiro atoms. The number of furan rings is 2. The first-order chi connectivity index (χ1) is 31.2. The van der Waals surface area contributed by atoms with Crippen molar-refractivity contribution in [2.24, 2.45) is 0 Å². The van der Waals surface area contributed by atoms with Gasteiger partial charge in [-0.2, -0.15) is 0 Å². The van der Waals surface area contributed by atoms with Crippen molar-refractivity contribution >= 4 is 65.8 Å². The molecule has 0 unspecified atom stereocenters. The van der Waals surface area contributed by atoms with Gasteiger partial charge >= 0.3 is 0 Å². The van der Waals surface area contributed by atoms with Crippen molar-refractivity contribution < 1.29 is 8.83 Å². The van der Waals surface area contributed by atoms with Crippen molar-refractivity contribution in [2.75, 3.05) is 0 Å². The molecule has 0 amide bonds. The normalized spacial score (nSPS) is 11.8. The predicted octanol–water partition coefficient (Wildman–Crippen LogP) is 13.9. The summed E-state index contributed by atoms with van der Waals surface area (Å²) in [6.45, 7) is 0. The van der Waals surface area contributed by atoms with Crippen LogP contribution >= 0.6 is 0 Å². The summed E-state index contributed by atoms with van der Waals surface area (Å²) in [5.41, 5.74) is 11.7. The van der Waals surface area contributed by atoms with Crippen LogP contribution in [0.5, 0.6) is 0 Å². The molecule has 5 heterocycles. The fourth-order valence-corrected chi connectivity index (χ4v) is 9.02. The van der Waals surface area contributed by atoms with E-state index in [9.17, 15) is 0 Å². The Labute approximate surface area is 359 Å². The van der Waals surface area contributed by atoms with Crippen LogP contribution in [0.3, 0.4) is 0 Å². The standard InChI is InChI=1S/C55H32N6O2/c1-4-16-33(17-5-1)52-56-48-39-23-11-13-28-45(39)62-51(48)49(57-52)42-26-14-24-40-47-41(25-15-29-46(47)63-50(40)42)55-59-53(34-18-6-2-7-19-34)58-54(60-55)35-30-31-38-37-22-10-12-27-43(37)61(44(38)32-35)36-20-8-3-9-21-36/h1-32H. The molecular weight excluding hydrogens is 777 g/mol. The fraction of sp³-hybridized carbons (Fsp3) is 0. The minimum atomic E-state index is 0.536. The summed E-state index contributed by atoms with van der Waals surface area (Å²) >= 11 is 0. The van der Waals surface area contributed by atoms with Gasteiger partial charge in [0.25, 0.3) is 0 Å². The van der Waals surface area contributed by atoms with Crippen molar-refractivity contribution in [3.05, 3.63) is 194 Å². The van der Waals surface area contributed by atoms with Gasteiger partial charge in [0.2, 0.25) is 0 Å². The summed E-state index contributed by atoms with van der Waals surface area (Å²) in [7, 11) is 0. The molecule has 13 rings (SSSR count). The molecule has 5 aromatic heterocycles. The second-order valence-corrected chi connectivity index (χ2v) is 15.6. The molecule has 0 saturated heterocycles. The first-order valence-electron chi connectivity index (χ1n) is 20.8. The maximum Gasteiger partial charge on any atom is 0.180 e. The molecule has 13 aromatic rings. The lowest BCUT2D eigenvalue weighted by atomic mass is 10.0. The van der Waals surface area contributed by atoms with Gasteiger partial charge < -0.3 is 13.4 Å². The molecule has 294 valence electrons. The van der Waals surface area contributed by atoms with Gasteiger partial charge in [0.15, 0.2) is 28.9 Å². The van der Waals surface area contributed by atoms with Crippen molar-refractivity contribution in [1.82, 2.24) is 29.5 Å². The Kier molecular flexibility index (Phi) is 7.74. The van der Waals surface area contributed by atoms with Crippen LogP contribution in [-0.2, 0) is 0 Å². The Morgan fingerprint density at radius 1 is 0.349 bits per heavy atom. The average molecular weight is 809 g/mol. The zero-order chi connectivity index (χ0) is 41.4. The molecule has 0 fully saturated rings. The maximum atomic E-state index is 6.85. The lowest BCUT2D eigenvalue weighted by molar-refractivity contribution is 0.663. The van der Waals surface area contributed by atoms with E-state index in [-0.39, 0.29) is 0 Å². The SMILES string of the molecule is c1ccc(-c2nc(-c3ccc4c5ccccc5n(-c5ccccc5)c4c3)nc(-c3cccc4oc5c(-c6nc(-c7ccccc7)nc7c6oc6ccccc67)cccc5c34)n2)cc1. The minimum absolute atomic E-state index is 0.536. The van der Waals surface area contributed by atoms with Crippen molar-refractivity contribution in [3.8, 4) is 62.5 Å². The second-order valence-electron chi connectivity index (χ2n) is 15.6. The van der Waals surface area contributed by atoms with E-state index in [0.717, 1.165) is 77.2 Å². The summed E-state index contributed by atoms with van der Waals surface area (Å²) in [6.07, 6.45) is 0. The minimum Gasteiger partial charge on any atom is -0.455 e. The first kappa shape index (κ1) is 35.0. The van der Waals surface area contributed by atoms with E-state index >= 15 is 0 Å². The fourth-order valence-electron chi connectivity index (χ4n) is 9.02. The van der Waals surface area contributed by atoms with Gasteiger partial charge in [-0.15, -0.1) is 0 Å². The van der Waals surface area contributed by atoms with E-state index in [1.54, 1.807) is 0 Å². The largest absolute Gasteiger partial charge is 0.455 e. The smallest absolute Gasteiger partial charge is 0.180 e. The van der Waals surface area contributed by atoms with Crippen LogP contribution in [0.15, 0.2) is 203 Å². The number of rotatable bonds is 6. The van der Waals surface area contributed by atoms with E-state index in [0.29, 0.717) is 45.7 Å². The molecule has 0 aliphatic rings. The lowest BCUT2D eigenvalue weighted by Crippen LogP contribution is -2.00. The van der Waals surface area contributed by atoms with Gasteiger partial charge in [-0.05, 0) is 48.5 Å². The van der Waals surface area contributed by atoms with Crippen LogP contribution in [-0.4, -0.2) is 29.5 Å². The molecule has 0 aliphatic carbocycles. The summed E-state index contributed by atoms with van der Waals surface area (Å²) in [5.74, 6) is 2.28. The van der Waals surface area contributed by atoms with Crippen LogP contribution in [0.2, 0.25) is 0 Å². The summed E-state index contributed by atoms with van der Waals surface area (Å²) < 4.78 is 15.7. The highest BCUT2D eigenvalue weighted by Crippen LogP contribution is 2.43. The van der Waals surface area contributed by atoms with Crippen molar-refractivity contribution in [3.63, 3.8) is 0 Å². The Balaban J connectivity index is 1.03. The van der Waals surface area contributed by atoms with Crippen LogP contribution in [0.1, 0.15) is 0 Å². The molecule has 0 aliphatic heterocycles. The third-order valence-corrected chi connectivity index (χ3v) is 11.9. The Morgan fingerprint density at radius 2 is 0.921 bits per heavy atom. The molecule has 8 nitrogen and oxygen atoms in total.